The van der Waals surface area contributed by atoms with E-state index in [9.17, 15) is 20.3 Å². The molecule has 1 aromatic carbocycles. The molecule has 0 aromatic heterocycles. The fraction of sp³-hybridized carbons (Fsp3) is 0.579. The number of aliphatic hydroxyl groups is 1. The zero-order chi connectivity index (χ0) is 18.6. The number of nitriles is 1. The molecule has 2 fully saturated rings. The Bertz CT molecular complexity index is 777. The lowest BCUT2D eigenvalue weighted by molar-refractivity contribution is -0.144. The molecule has 0 amide bonds. The van der Waals surface area contributed by atoms with E-state index in [1.54, 1.807) is 7.11 Å². The number of methoxy groups -OCH3 is 1. The van der Waals surface area contributed by atoms with E-state index >= 15 is 0 Å². The minimum atomic E-state index is -0.806. The topological polar surface area (TPSA) is 97.0 Å². The Morgan fingerprint density at radius 2 is 2.19 bits per heavy atom. The highest BCUT2D eigenvalue weighted by molar-refractivity contribution is 5.72. The van der Waals surface area contributed by atoms with E-state index in [4.69, 9.17) is 4.74 Å². The molecule has 6 atom stereocenters. The van der Waals surface area contributed by atoms with Gasteiger partial charge in [0.1, 0.15) is 11.8 Å². The standard InChI is InChI=1S/C19H23N3O4/c1-21-12-7-11(19(24)25)18(21)13-6-10-4-3-5-16(26-2)17(10)15(9-23)22(13)14(12)8-20/h3-5,11-15,18,23H,6-7,9H2,1-2H3,(H,24,25)/t11-,12-,13+,14+,15+,18-/m1/s1. The van der Waals surface area contributed by atoms with Gasteiger partial charge in [-0.1, -0.05) is 12.1 Å². The molecule has 4 rings (SSSR count). The predicted octanol–water partition coefficient (Wildman–Crippen LogP) is 0.635. The van der Waals surface area contributed by atoms with Crippen LogP contribution >= 0.6 is 0 Å². The molecule has 2 saturated heterocycles. The number of aliphatic carboxylic acids is 1. The summed E-state index contributed by atoms with van der Waals surface area (Å²) in [5.41, 5.74) is 1.98. The summed E-state index contributed by atoms with van der Waals surface area (Å²) < 4.78 is 5.52. The average Bonchev–Trinajstić information content (AvgIpc) is 2.90. The molecule has 26 heavy (non-hydrogen) atoms. The molecular weight excluding hydrogens is 334 g/mol. The number of carboxylic acid groups (broad SMARTS) is 1. The third kappa shape index (κ3) is 2.19. The van der Waals surface area contributed by atoms with Crippen LogP contribution in [0.15, 0.2) is 18.2 Å². The van der Waals surface area contributed by atoms with Crippen molar-refractivity contribution in [2.45, 2.75) is 43.1 Å². The molecule has 3 aliphatic heterocycles. The molecule has 1 aromatic rings. The van der Waals surface area contributed by atoms with Gasteiger partial charge in [-0.3, -0.25) is 14.6 Å². The Morgan fingerprint density at radius 3 is 2.81 bits per heavy atom. The molecular formula is C19H23N3O4. The second kappa shape index (κ2) is 6.23. The van der Waals surface area contributed by atoms with Gasteiger partial charge in [-0.05, 0) is 31.5 Å². The van der Waals surface area contributed by atoms with Crippen molar-refractivity contribution >= 4 is 5.97 Å². The Labute approximate surface area is 152 Å². The van der Waals surface area contributed by atoms with Gasteiger partial charge in [0.2, 0.25) is 0 Å². The third-order valence-electron chi connectivity index (χ3n) is 6.48. The van der Waals surface area contributed by atoms with Gasteiger partial charge in [0, 0.05) is 23.7 Å². The summed E-state index contributed by atoms with van der Waals surface area (Å²) in [6.07, 6.45) is 1.11. The molecule has 0 unspecified atom stereocenters. The predicted molar refractivity (Wildman–Crippen MR) is 92.6 cm³/mol. The number of piperazine rings is 1. The molecule has 0 radical (unpaired) electrons. The maximum atomic E-state index is 11.9. The molecule has 0 aliphatic carbocycles. The summed E-state index contributed by atoms with van der Waals surface area (Å²) in [6, 6.07) is 6.93. The first-order valence-electron chi connectivity index (χ1n) is 8.91. The first-order valence-corrected chi connectivity index (χ1v) is 8.91. The smallest absolute Gasteiger partial charge is 0.308 e. The van der Waals surface area contributed by atoms with Gasteiger partial charge >= 0.3 is 5.97 Å². The molecule has 7 nitrogen and oxygen atoms in total. The number of fused-ring (bicyclic) bond motifs is 5. The minimum absolute atomic E-state index is 0.124. The number of benzene rings is 1. The number of carbonyl (C=O) groups is 1. The monoisotopic (exact) mass is 357 g/mol. The number of hydrogen-bond acceptors (Lipinski definition) is 6. The summed E-state index contributed by atoms with van der Waals surface area (Å²) in [5, 5.41) is 29.8. The van der Waals surface area contributed by atoms with Crippen molar-refractivity contribution in [2.24, 2.45) is 5.92 Å². The third-order valence-corrected chi connectivity index (χ3v) is 6.48. The highest BCUT2D eigenvalue weighted by atomic mass is 16.5. The van der Waals surface area contributed by atoms with Crippen LogP contribution in [0.25, 0.3) is 0 Å². The van der Waals surface area contributed by atoms with E-state index in [0.717, 1.165) is 11.1 Å². The van der Waals surface area contributed by atoms with Gasteiger partial charge in [0.15, 0.2) is 0 Å². The Balaban J connectivity index is 1.87. The van der Waals surface area contributed by atoms with Crippen LogP contribution in [0.1, 0.15) is 23.6 Å². The number of nitrogens with zero attached hydrogens (tertiary/aromatic N) is 3. The molecule has 0 spiro atoms. The van der Waals surface area contributed by atoms with Crippen molar-refractivity contribution in [1.29, 1.82) is 5.26 Å². The van der Waals surface area contributed by atoms with Gasteiger partial charge in [-0.25, -0.2) is 0 Å². The summed E-state index contributed by atoms with van der Waals surface area (Å²) in [4.78, 5) is 16.0. The molecule has 0 saturated carbocycles. The van der Waals surface area contributed by atoms with Crippen LogP contribution in [0.4, 0.5) is 0 Å². The van der Waals surface area contributed by atoms with E-state index in [0.29, 0.717) is 18.6 Å². The van der Waals surface area contributed by atoms with E-state index < -0.39 is 17.9 Å². The quantitative estimate of drug-likeness (QED) is 0.819. The normalized spacial score (nSPS) is 36.1. The number of ether oxygens (including phenoxy) is 1. The van der Waals surface area contributed by atoms with Gasteiger partial charge in [0.25, 0.3) is 0 Å². The lowest BCUT2D eigenvalue weighted by Gasteiger charge is -2.54. The number of aliphatic hydroxyl groups excluding tert-OH is 1. The number of rotatable bonds is 3. The lowest BCUT2D eigenvalue weighted by atomic mass is 9.80. The first kappa shape index (κ1) is 17.3. The largest absolute Gasteiger partial charge is 0.496 e. The van der Waals surface area contributed by atoms with Crippen LogP contribution in [0.5, 0.6) is 5.75 Å². The fourth-order valence-electron chi connectivity index (χ4n) is 5.48. The van der Waals surface area contributed by atoms with Crippen LogP contribution < -0.4 is 4.74 Å². The van der Waals surface area contributed by atoms with Gasteiger partial charge < -0.3 is 14.9 Å². The Kier molecular flexibility index (Phi) is 4.14. The lowest BCUT2D eigenvalue weighted by Crippen LogP contribution is -2.67. The average molecular weight is 357 g/mol. The molecule has 138 valence electrons. The number of hydrogen-bond donors (Lipinski definition) is 2. The molecule has 7 heteroatoms. The Morgan fingerprint density at radius 1 is 1.42 bits per heavy atom. The summed E-state index contributed by atoms with van der Waals surface area (Å²) in [6.45, 7) is -0.136. The molecule has 3 heterocycles. The van der Waals surface area contributed by atoms with E-state index in [2.05, 4.69) is 15.9 Å². The zero-order valence-electron chi connectivity index (χ0n) is 14.9. The van der Waals surface area contributed by atoms with Gasteiger partial charge in [0.05, 0.1) is 31.7 Å². The highest BCUT2D eigenvalue weighted by Gasteiger charge is 2.59. The second-order valence-electron chi connectivity index (χ2n) is 7.43. The second-order valence-corrected chi connectivity index (χ2v) is 7.43. The van der Waals surface area contributed by atoms with Crippen LogP contribution in [0.2, 0.25) is 0 Å². The summed E-state index contributed by atoms with van der Waals surface area (Å²) in [7, 11) is 3.53. The Hall–Kier alpha value is -2.14. The van der Waals surface area contributed by atoms with Gasteiger partial charge in [-0.2, -0.15) is 5.26 Å². The van der Waals surface area contributed by atoms with Gasteiger partial charge in [-0.15, -0.1) is 0 Å². The number of likely N-dealkylation sites (N-methyl/N-ethyl adjacent to an activating group) is 1. The van der Waals surface area contributed by atoms with Crippen molar-refractivity contribution in [3.05, 3.63) is 29.3 Å². The zero-order valence-corrected chi connectivity index (χ0v) is 14.9. The fourth-order valence-corrected chi connectivity index (χ4v) is 5.48. The van der Waals surface area contributed by atoms with E-state index in [-0.39, 0.29) is 30.8 Å². The van der Waals surface area contributed by atoms with Crippen molar-refractivity contribution in [3.8, 4) is 11.8 Å². The van der Waals surface area contributed by atoms with Crippen molar-refractivity contribution in [2.75, 3.05) is 20.8 Å². The molecule has 3 aliphatic rings. The first-order chi connectivity index (χ1) is 12.5. The molecule has 2 bridgehead atoms. The van der Waals surface area contributed by atoms with Crippen molar-refractivity contribution in [3.63, 3.8) is 0 Å². The maximum absolute atomic E-state index is 11.9. The van der Waals surface area contributed by atoms with E-state index in [1.165, 1.54) is 0 Å². The van der Waals surface area contributed by atoms with E-state index in [1.807, 2.05) is 25.2 Å². The van der Waals surface area contributed by atoms with Crippen LogP contribution in [0.3, 0.4) is 0 Å². The number of carboxylic acids is 1. The van der Waals surface area contributed by atoms with Crippen molar-refractivity contribution < 1.29 is 19.7 Å². The maximum Gasteiger partial charge on any atom is 0.308 e. The van der Waals surface area contributed by atoms with Crippen molar-refractivity contribution in [1.82, 2.24) is 9.80 Å². The minimum Gasteiger partial charge on any atom is -0.496 e. The highest BCUT2D eigenvalue weighted by Crippen LogP contribution is 2.49. The summed E-state index contributed by atoms with van der Waals surface area (Å²) in [5.74, 6) is -0.597. The summed E-state index contributed by atoms with van der Waals surface area (Å²) >= 11 is 0. The molecule has 2 N–H and O–H groups in total. The van der Waals surface area contributed by atoms with Crippen LogP contribution in [-0.2, 0) is 11.2 Å². The van der Waals surface area contributed by atoms with Crippen LogP contribution in [0, 0.1) is 17.2 Å². The SMILES string of the molecule is COc1cccc2c1[C@H](CO)N1[C@@H](C#N)[C@H]3C[C@@H](C(=O)O)[C@H]([C@@H]1C2)N3C. The van der Waals surface area contributed by atoms with Crippen LogP contribution in [-0.4, -0.2) is 70.9 Å².